The molecule has 0 bridgehead atoms. The standard InChI is InChI=1S/C20H22N6O4/c27-17(9-10-21-18-19(28)23-20(29)26-25-18)24-22-12-15-7-4-8-16(11-15)30-13-14-5-2-1-3-6-14/h1-8,11-12,18,21,25H,9-10,13H2,(H,24,27)(H2,23,26,28,29)/b22-12-. The number of rotatable bonds is 9. The van der Waals surface area contributed by atoms with E-state index in [-0.39, 0.29) is 18.9 Å². The zero-order valence-electron chi connectivity index (χ0n) is 16.1. The molecule has 5 N–H and O–H groups in total. The molecule has 156 valence electrons. The summed E-state index contributed by atoms with van der Waals surface area (Å²) in [7, 11) is 0. The fourth-order valence-corrected chi connectivity index (χ4v) is 2.55. The Labute approximate surface area is 173 Å². The van der Waals surface area contributed by atoms with Gasteiger partial charge in [0.25, 0.3) is 5.91 Å². The van der Waals surface area contributed by atoms with E-state index in [1.54, 1.807) is 0 Å². The molecule has 1 saturated heterocycles. The zero-order valence-corrected chi connectivity index (χ0v) is 16.1. The summed E-state index contributed by atoms with van der Waals surface area (Å²) in [6.07, 6.45) is 0.807. The van der Waals surface area contributed by atoms with E-state index in [9.17, 15) is 14.4 Å². The fourth-order valence-electron chi connectivity index (χ4n) is 2.55. The van der Waals surface area contributed by atoms with Crippen molar-refractivity contribution >= 4 is 24.1 Å². The van der Waals surface area contributed by atoms with Crippen LogP contribution in [0.5, 0.6) is 5.75 Å². The van der Waals surface area contributed by atoms with Gasteiger partial charge in [0.1, 0.15) is 12.4 Å². The van der Waals surface area contributed by atoms with E-state index in [2.05, 4.69) is 32.0 Å². The Balaban J connectivity index is 1.38. The van der Waals surface area contributed by atoms with Gasteiger partial charge < -0.3 is 4.74 Å². The van der Waals surface area contributed by atoms with Crippen LogP contribution in [0, 0.1) is 0 Å². The second-order valence-electron chi connectivity index (χ2n) is 6.36. The number of benzene rings is 2. The summed E-state index contributed by atoms with van der Waals surface area (Å²) in [5, 5.41) is 8.82. The summed E-state index contributed by atoms with van der Waals surface area (Å²) < 4.78 is 5.76. The molecular formula is C20H22N6O4. The highest BCUT2D eigenvalue weighted by Gasteiger charge is 2.24. The maximum Gasteiger partial charge on any atom is 0.335 e. The molecule has 1 heterocycles. The quantitative estimate of drug-likeness (QED) is 0.300. The van der Waals surface area contributed by atoms with E-state index in [4.69, 9.17) is 4.74 Å². The van der Waals surface area contributed by atoms with Gasteiger partial charge in [-0.15, -0.1) is 0 Å². The average molecular weight is 410 g/mol. The minimum absolute atomic E-state index is 0.0942. The van der Waals surface area contributed by atoms with Gasteiger partial charge in [0.15, 0.2) is 6.17 Å². The van der Waals surface area contributed by atoms with E-state index in [1.165, 1.54) is 6.21 Å². The first kappa shape index (κ1) is 21.0. The number of hydrazone groups is 1. The van der Waals surface area contributed by atoms with Crippen LogP contribution in [0.3, 0.4) is 0 Å². The van der Waals surface area contributed by atoms with Gasteiger partial charge in [-0.25, -0.2) is 15.6 Å². The average Bonchev–Trinajstić information content (AvgIpc) is 2.75. The molecule has 0 radical (unpaired) electrons. The summed E-state index contributed by atoms with van der Waals surface area (Å²) >= 11 is 0. The van der Waals surface area contributed by atoms with Crippen molar-refractivity contribution in [3.05, 3.63) is 65.7 Å². The third kappa shape index (κ3) is 6.69. The molecule has 1 atom stereocenters. The van der Waals surface area contributed by atoms with Gasteiger partial charge in [0.2, 0.25) is 5.91 Å². The normalized spacial score (nSPS) is 16.1. The lowest BCUT2D eigenvalue weighted by Crippen LogP contribution is -2.67. The third-order valence-corrected chi connectivity index (χ3v) is 4.04. The highest BCUT2D eigenvalue weighted by Crippen LogP contribution is 2.14. The Hall–Kier alpha value is -3.76. The maximum atomic E-state index is 11.9. The molecule has 2 aromatic rings. The molecule has 10 heteroatoms. The van der Waals surface area contributed by atoms with Gasteiger partial charge in [0.05, 0.1) is 6.21 Å². The first-order valence-corrected chi connectivity index (χ1v) is 9.28. The molecule has 1 aliphatic heterocycles. The van der Waals surface area contributed by atoms with Crippen LogP contribution in [-0.2, 0) is 16.2 Å². The number of urea groups is 1. The second-order valence-corrected chi connectivity index (χ2v) is 6.36. The molecule has 10 nitrogen and oxygen atoms in total. The van der Waals surface area contributed by atoms with E-state index < -0.39 is 18.1 Å². The minimum Gasteiger partial charge on any atom is -0.489 e. The minimum atomic E-state index is -0.808. The number of nitrogens with zero attached hydrogens (tertiary/aromatic N) is 1. The molecule has 1 unspecified atom stereocenters. The molecule has 0 aliphatic carbocycles. The van der Waals surface area contributed by atoms with Crippen LogP contribution < -0.4 is 31.6 Å². The largest absolute Gasteiger partial charge is 0.489 e. The van der Waals surface area contributed by atoms with Crippen molar-refractivity contribution in [1.82, 2.24) is 26.9 Å². The molecule has 4 amide bonds. The molecule has 30 heavy (non-hydrogen) atoms. The summed E-state index contributed by atoms with van der Waals surface area (Å²) in [4.78, 5) is 34.3. The van der Waals surface area contributed by atoms with Crippen molar-refractivity contribution in [2.45, 2.75) is 19.2 Å². The lowest BCUT2D eigenvalue weighted by atomic mass is 10.2. The number of hydrazine groups is 1. The molecule has 3 rings (SSSR count). The zero-order chi connectivity index (χ0) is 21.2. The second kappa shape index (κ2) is 10.7. The van der Waals surface area contributed by atoms with Crippen LogP contribution in [0.15, 0.2) is 59.7 Å². The van der Waals surface area contributed by atoms with Crippen molar-refractivity contribution in [3.63, 3.8) is 0 Å². The number of hydrogen-bond acceptors (Lipinski definition) is 7. The van der Waals surface area contributed by atoms with Crippen molar-refractivity contribution in [1.29, 1.82) is 0 Å². The number of hydrogen-bond donors (Lipinski definition) is 5. The van der Waals surface area contributed by atoms with E-state index >= 15 is 0 Å². The van der Waals surface area contributed by atoms with Gasteiger partial charge >= 0.3 is 6.03 Å². The number of carbonyl (C=O) groups is 3. The van der Waals surface area contributed by atoms with E-state index in [0.29, 0.717) is 12.4 Å². The van der Waals surface area contributed by atoms with Crippen LogP contribution >= 0.6 is 0 Å². The Morgan fingerprint density at radius 2 is 1.97 bits per heavy atom. The SMILES string of the molecule is O=C(CCNC1NNC(=O)NC1=O)N/N=C\c1cccc(OCc2ccccc2)c1. The monoisotopic (exact) mass is 410 g/mol. The van der Waals surface area contributed by atoms with Crippen LogP contribution in [0.25, 0.3) is 0 Å². The summed E-state index contributed by atoms with van der Waals surface area (Å²) in [5.41, 5.74) is 9.01. The molecule has 1 aliphatic rings. The number of ether oxygens (including phenoxy) is 1. The van der Waals surface area contributed by atoms with Crippen LogP contribution in [0.2, 0.25) is 0 Å². The number of carbonyl (C=O) groups excluding carboxylic acids is 3. The molecule has 2 aromatic carbocycles. The van der Waals surface area contributed by atoms with Gasteiger partial charge in [-0.3, -0.25) is 25.6 Å². The Morgan fingerprint density at radius 1 is 1.13 bits per heavy atom. The molecule has 0 saturated carbocycles. The van der Waals surface area contributed by atoms with Crippen LogP contribution in [0.1, 0.15) is 17.5 Å². The van der Waals surface area contributed by atoms with Crippen LogP contribution in [0.4, 0.5) is 4.79 Å². The third-order valence-electron chi connectivity index (χ3n) is 4.04. The van der Waals surface area contributed by atoms with Crippen molar-refractivity contribution in [2.24, 2.45) is 5.10 Å². The summed E-state index contributed by atoms with van der Waals surface area (Å²) in [5.74, 6) is -0.147. The first-order valence-electron chi connectivity index (χ1n) is 9.28. The first-order chi connectivity index (χ1) is 14.6. The number of amides is 4. The van der Waals surface area contributed by atoms with Gasteiger partial charge in [-0.2, -0.15) is 5.10 Å². The number of nitrogens with one attached hydrogen (secondary N) is 5. The lowest BCUT2D eigenvalue weighted by molar-refractivity contribution is -0.125. The molecule has 0 spiro atoms. The molecule has 1 fully saturated rings. The van der Waals surface area contributed by atoms with E-state index in [1.807, 2.05) is 54.6 Å². The van der Waals surface area contributed by atoms with E-state index in [0.717, 1.165) is 11.1 Å². The van der Waals surface area contributed by atoms with Crippen LogP contribution in [-0.4, -0.2) is 36.8 Å². The number of imide groups is 1. The predicted molar refractivity (Wildman–Crippen MR) is 109 cm³/mol. The smallest absolute Gasteiger partial charge is 0.335 e. The van der Waals surface area contributed by atoms with Gasteiger partial charge in [0, 0.05) is 13.0 Å². The van der Waals surface area contributed by atoms with Gasteiger partial charge in [-0.1, -0.05) is 42.5 Å². The van der Waals surface area contributed by atoms with Crippen molar-refractivity contribution in [2.75, 3.05) is 6.54 Å². The summed E-state index contributed by atoms with van der Waals surface area (Å²) in [6.45, 7) is 0.674. The maximum absolute atomic E-state index is 11.9. The lowest BCUT2D eigenvalue weighted by Gasteiger charge is -2.23. The van der Waals surface area contributed by atoms with Gasteiger partial charge in [-0.05, 0) is 23.3 Å². The van der Waals surface area contributed by atoms with Crippen molar-refractivity contribution < 1.29 is 19.1 Å². The fraction of sp³-hybridized carbons (Fsp3) is 0.200. The highest BCUT2D eigenvalue weighted by molar-refractivity contribution is 5.98. The Kier molecular flexibility index (Phi) is 7.47. The Morgan fingerprint density at radius 3 is 2.77 bits per heavy atom. The molecular weight excluding hydrogens is 388 g/mol. The predicted octanol–water partition coefficient (Wildman–Crippen LogP) is 0.366. The summed E-state index contributed by atoms with van der Waals surface area (Å²) in [6, 6.07) is 16.6. The van der Waals surface area contributed by atoms with Crippen molar-refractivity contribution in [3.8, 4) is 5.75 Å². The Bertz CT molecular complexity index is 919. The topological polar surface area (TPSA) is 133 Å². The highest BCUT2D eigenvalue weighted by atomic mass is 16.5. The molecule has 0 aromatic heterocycles.